The molecule has 1 atom stereocenters. The first-order valence-corrected chi connectivity index (χ1v) is 4.30. The van der Waals surface area contributed by atoms with E-state index in [-0.39, 0.29) is 11.1 Å². The van der Waals surface area contributed by atoms with Gasteiger partial charge < -0.3 is 5.11 Å². The van der Waals surface area contributed by atoms with E-state index in [0.717, 1.165) is 24.3 Å². The second-order valence-electron chi connectivity index (χ2n) is 2.83. The van der Waals surface area contributed by atoms with Crippen LogP contribution in [-0.2, 0) is 0 Å². The molecule has 0 fully saturated rings. The van der Waals surface area contributed by atoms with Crippen molar-refractivity contribution in [2.75, 3.05) is 0 Å². The molecule has 1 unspecified atom stereocenters. The molecular formula is C9H6ClF3O2. The highest BCUT2D eigenvalue weighted by molar-refractivity contribution is 6.21. The highest BCUT2D eigenvalue weighted by Gasteiger charge is 2.39. The maximum absolute atomic E-state index is 12.1. The minimum Gasteiger partial charge on any atom is -0.478 e. The molecule has 0 aliphatic carbocycles. The van der Waals surface area contributed by atoms with Crippen LogP contribution in [0.25, 0.3) is 0 Å². The van der Waals surface area contributed by atoms with Crippen LogP contribution < -0.4 is 0 Å². The van der Waals surface area contributed by atoms with Gasteiger partial charge in [0.05, 0.1) is 5.56 Å². The Morgan fingerprint density at radius 1 is 1.27 bits per heavy atom. The Kier molecular flexibility index (Phi) is 3.24. The molecule has 0 saturated carbocycles. The second kappa shape index (κ2) is 4.10. The smallest absolute Gasteiger partial charge is 0.408 e. The van der Waals surface area contributed by atoms with Crippen LogP contribution in [0.1, 0.15) is 21.3 Å². The molecule has 0 aliphatic heterocycles. The number of aromatic carboxylic acids is 1. The molecule has 0 aliphatic rings. The first kappa shape index (κ1) is 11.8. The largest absolute Gasteiger partial charge is 0.478 e. The third-order valence-corrected chi connectivity index (χ3v) is 2.24. The quantitative estimate of drug-likeness (QED) is 0.803. The van der Waals surface area contributed by atoms with Crippen molar-refractivity contribution in [1.82, 2.24) is 0 Å². The van der Waals surface area contributed by atoms with Gasteiger partial charge in [-0.3, -0.25) is 0 Å². The minimum absolute atomic E-state index is 0.0789. The fraction of sp³-hybridized carbons (Fsp3) is 0.222. The van der Waals surface area contributed by atoms with E-state index in [1.54, 1.807) is 0 Å². The topological polar surface area (TPSA) is 37.3 Å². The van der Waals surface area contributed by atoms with Crippen molar-refractivity contribution in [1.29, 1.82) is 0 Å². The van der Waals surface area contributed by atoms with Crippen molar-refractivity contribution in [2.24, 2.45) is 0 Å². The van der Waals surface area contributed by atoms with E-state index in [1.165, 1.54) is 0 Å². The van der Waals surface area contributed by atoms with Crippen molar-refractivity contribution in [3.05, 3.63) is 35.4 Å². The first-order valence-electron chi connectivity index (χ1n) is 3.86. The molecule has 2 nitrogen and oxygen atoms in total. The number of benzene rings is 1. The first-order chi connectivity index (χ1) is 6.82. The molecule has 15 heavy (non-hydrogen) atoms. The average molecular weight is 239 g/mol. The normalized spacial score (nSPS) is 13.6. The Balaban J connectivity index is 2.94. The van der Waals surface area contributed by atoms with Gasteiger partial charge in [0.2, 0.25) is 0 Å². The third-order valence-electron chi connectivity index (χ3n) is 1.74. The summed E-state index contributed by atoms with van der Waals surface area (Å²) < 4.78 is 36.4. The van der Waals surface area contributed by atoms with Crippen molar-refractivity contribution >= 4 is 17.6 Å². The molecule has 0 aromatic heterocycles. The molecule has 0 spiro atoms. The minimum atomic E-state index is -4.54. The summed E-state index contributed by atoms with van der Waals surface area (Å²) in [6.45, 7) is 0. The molecule has 0 amide bonds. The van der Waals surface area contributed by atoms with Crippen LogP contribution >= 0.6 is 11.6 Å². The summed E-state index contributed by atoms with van der Waals surface area (Å²) in [5, 5.41) is 6.41. The predicted molar refractivity (Wildman–Crippen MR) is 48.1 cm³/mol. The maximum atomic E-state index is 12.1. The van der Waals surface area contributed by atoms with Gasteiger partial charge >= 0.3 is 12.1 Å². The molecule has 82 valence electrons. The summed E-state index contributed by atoms with van der Waals surface area (Å²) in [5.74, 6) is -1.19. The zero-order chi connectivity index (χ0) is 11.6. The SMILES string of the molecule is O=C(O)c1ccc(C(Cl)C(F)(F)F)cc1. The van der Waals surface area contributed by atoms with Gasteiger partial charge in [0.25, 0.3) is 0 Å². The molecule has 1 aromatic rings. The summed E-state index contributed by atoms with van der Waals surface area (Å²) in [5.41, 5.74) is -0.251. The van der Waals surface area contributed by atoms with Crippen molar-refractivity contribution in [3.8, 4) is 0 Å². The van der Waals surface area contributed by atoms with Gasteiger partial charge in [-0.25, -0.2) is 4.79 Å². The summed E-state index contributed by atoms with van der Waals surface area (Å²) >= 11 is 5.14. The van der Waals surface area contributed by atoms with Gasteiger partial charge in [0.15, 0.2) is 5.38 Å². The van der Waals surface area contributed by atoms with Crippen LogP contribution in [0.3, 0.4) is 0 Å². The Hall–Kier alpha value is -1.23. The number of rotatable bonds is 2. The maximum Gasteiger partial charge on any atom is 0.408 e. The van der Waals surface area contributed by atoms with E-state index < -0.39 is 17.5 Å². The van der Waals surface area contributed by atoms with Crippen LogP contribution in [0, 0.1) is 0 Å². The van der Waals surface area contributed by atoms with E-state index in [1.807, 2.05) is 0 Å². The molecule has 0 saturated heterocycles. The second-order valence-corrected chi connectivity index (χ2v) is 3.27. The Morgan fingerprint density at radius 3 is 2.07 bits per heavy atom. The highest BCUT2D eigenvalue weighted by atomic mass is 35.5. The van der Waals surface area contributed by atoms with Gasteiger partial charge in [-0.1, -0.05) is 12.1 Å². The summed E-state index contributed by atoms with van der Waals surface area (Å²) in [4.78, 5) is 10.4. The number of hydrogen-bond acceptors (Lipinski definition) is 1. The molecule has 1 N–H and O–H groups in total. The Labute approximate surface area is 88.3 Å². The molecule has 1 rings (SSSR count). The number of halogens is 4. The summed E-state index contributed by atoms with van der Waals surface area (Å²) in [7, 11) is 0. The molecule has 0 radical (unpaired) electrons. The lowest BCUT2D eigenvalue weighted by Gasteiger charge is -2.13. The monoisotopic (exact) mass is 238 g/mol. The van der Waals surface area contributed by atoms with Crippen molar-refractivity contribution in [2.45, 2.75) is 11.6 Å². The van der Waals surface area contributed by atoms with Crippen LogP contribution in [0.15, 0.2) is 24.3 Å². The lowest BCUT2D eigenvalue weighted by atomic mass is 10.1. The molecule has 6 heteroatoms. The van der Waals surface area contributed by atoms with Gasteiger partial charge in [0.1, 0.15) is 0 Å². The molecule has 1 aromatic carbocycles. The zero-order valence-corrected chi connectivity index (χ0v) is 8.01. The molecule has 0 bridgehead atoms. The lowest BCUT2D eigenvalue weighted by molar-refractivity contribution is -0.131. The lowest BCUT2D eigenvalue weighted by Crippen LogP contribution is -2.15. The highest BCUT2D eigenvalue weighted by Crippen LogP contribution is 2.37. The van der Waals surface area contributed by atoms with Crippen LogP contribution in [0.5, 0.6) is 0 Å². The standard InChI is InChI=1S/C9H6ClF3O2/c10-7(9(11,12)13)5-1-3-6(4-2-5)8(14)15/h1-4,7H,(H,14,15). The number of carbonyl (C=O) groups is 1. The molecule has 0 heterocycles. The summed E-state index contributed by atoms with van der Waals surface area (Å²) in [6, 6.07) is 4.26. The van der Waals surface area contributed by atoms with Crippen LogP contribution in [0.4, 0.5) is 13.2 Å². The number of carboxylic acids is 1. The van der Waals surface area contributed by atoms with E-state index in [2.05, 4.69) is 0 Å². The predicted octanol–water partition coefficient (Wildman–Crippen LogP) is 3.23. The van der Waals surface area contributed by atoms with E-state index >= 15 is 0 Å². The van der Waals surface area contributed by atoms with E-state index in [0.29, 0.717) is 0 Å². The van der Waals surface area contributed by atoms with Crippen LogP contribution in [-0.4, -0.2) is 17.3 Å². The van der Waals surface area contributed by atoms with Gasteiger partial charge in [-0.15, -0.1) is 11.6 Å². The Bertz CT molecular complexity index is 359. The van der Waals surface area contributed by atoms with Gasteiger partial charge in [-0.2, -0.15) is 13.2 Å². The number of hydrogen-bond donors (Lipinski definition) is 1. The number of alkyl halides is 4. The average Bonchev–Trinajstić information content (AvgIpc) is 2.15. The zero-order valence-electron chi connectivity index (χ0n) is 7.25. The van der Waals surface area contributed by atoms with E-state index in [4.69, 9.17) is 16.7 Å². The fourth-order valence-electron chi connectivity index (χ4n) is 0.984. The van der Waals surface area contributed by atoms with E-state index in [9.17, 15) is 18.0 Å². The van der Waals surface area contributed by atoms with Crippen molar-refractivity contribution in [3.63, 3.8) is 0 Å². The summed E-state index contributed by atoms with van der Waals surface area (Å²) in [6.07, 6.45) is -4.54. The number of carboxylic acid groups (broad SMARTS) is 1. The fourth-order valence-corrected chi connectivity index (χ4v) is 1.13. The third kappa shape index (κ3) is 2.86. The van der Waals surface area contributed by atoms with Crippen LogP contribution in [0.2, 0.25) is 0 Å². The molecular weight excluding hydrogens is 233 g/mol. The Morgan fingerprint density at radius 2 is 1.73 bits per heavy atom. The van der Waals surface area contributed by atoms with Gasteiger partial charge in [-0.05, 0) is 17.7 Å². The van der Waals surface area contributed by atoms with Gasteiger partial charge in [0, 0.05) is 0 Å². The van der Waals surface area contributed by atoms with Crippen molar-refractivity contribution < 1.29 is 23.1 Å².